The molecule has 1 aliphatic rings. The lowest BCUT2D eigenvalue weighted by Crippen LogP contribution is -2.04. The SMILES string of the molecule is O=C(CO)c1cccc(C=C2c3ccccc3CCc3cc(Cl)ccc32)c1. The highest BCUT2D eigenvalue weighted by atomic mass is 35.5. The molecule has 1 N–H and O–H groups in total. The van der Waals surface area contributed by atoms with Crippen LogP contribution in [0, 0.1) is 0 Å². The van der Waals surface area contributed by atoms with Crippen molar-refractivity contribution in [3.8, 4) is 0 Å². The van der Waals surface area contributed by atoms with E-state index in [4.69, 9.17) is 16.7 Å². The molecule has 0 radical (unpaired) electrons. The highest BCUT2D eigenvalue weighted by Gasteiger charge is 2.18. The Balaban J connectivity index is 1.91. The van der Waals surface area contributed by atoms with Gasteiger partial charge in [-0.05, 0) is 70.5 Å². The summed E-state index contributed by atoms with van der Waals surface area (Å²) in [6.07, 6.45) is 4.02. The topological polar surface area (TPSA) is 37.3 Å². The van der Waals surface area contributed by atoms with Crippen LogP contribution in [-0.2, 0) is 12.8 Å². The third-order valence-electron chi connectivity index (χ3n) is 4.99. The van der Waals surface area contributed by atoms with Crippen LogP contribution < -0.4 is 0 Å². The zero-order chi connectivity index (χ0) is 18.8. The summed E-state index contributed by atoms with van der Waals surface area (Å²) < 4.78 is 0. The Morgan fingerprint density at radius 2 is 1.70 bits per heavy atom. The fourth-order valence-corrected chi connectivity index (χ4v) is 3.86. The molecule has 0 saturated carbocycles. The zero-order valence-electron chi connectivity index (χ0n) is 14.8. The molecule has 0 aromatic heterocycles. The lowest BCUT2D eigenvalue weighted by atomic mass is 9.92. The average Bonchev–Trinajstić information content (AvgIpc) is 2.85. The number of benzene rings is 3. The summed E-state index contributed by atoms with van der Waals surface area (Å²) in [4.78, 5) is 11.9. The standard InChI is InChI=1S/C24H19ClO2/c25-20-10-11-22-18(14-20)9-8-17-5-1-2-7-21(17)23(22)13-16-4-3-6-19(12-16)24(27)15-26/h1-7,10-14,26H,8-9,15H2. The van der Waals surface area contributed by atoms with Crippen LogP contribution in [0.15, 0.2) is 66.7 Å². The van der Waals surface area contributed by atoms with Gasteiger partial charge in [-0.1, -0.05) is 60.1 Å². The molecule has 134 valence electrons. The van der Waals surface area contributed by atoms with Crippen molar-refractivity contribution in [1.29, 1.82) is 0 Å². The minimum Gasteiger partial charge on any atom is -0.388 e. The Morgan fingerprint density at radius 3 is 2.56 bits per heavy atom. The van der Waals surface area contributed by atoms with Crippen molar-refractivity contribution in [2.45, 2.75) is 12.8 Å². The van der Waals surface area contributed by atoms with Crippen molar-refractivity contribution in [3.63, 3.8) is 0 Å². The second-order valence-electron chi connectivity index (χ2n) is 6.72. The van der Waals surface area contributed by atoms with Gasteiger partial charge in [-0.3, -0.25) is 4.79 Å². The maximum atomic E-state index is 11.9. The van der Waals surface area contributed by atoms with Crippen molar-refractivity contribution in [3.05, 3.63) is 105 Å². The van der Waals surface area contributed by atoms with Crippen molar-refractivity contribution < 1.29 is 9.90 Å². The van der Waals surface area contributed by atoms with Gasteiger partial charge in [-0.2, -0.15) is 0 Å². The predicted molar refractivity (Wildman–Crippen MR) is 110 cm³/mol. The van der Waals surface area contributed by atoms with Gasteiger partial charge in [0.05, 0.1) is 0 Å². The molecule has 0 spiro atoms. The van der Waals surface area contributed by atoms with Crippen LogP contribution in [0.4, 0.5) is 0 Å². The minimum absolute atomic E-state index is 0.274. The lowest BCUT2D eigenvalue weighted by molar-refractivity contribution is 0.0903. The summed E-state index contributed by atoms with van der Waals surface area (Å²) in [5, 5.41) is 9.89. The van der Waals surface area contributed by atoms with Gasteiger partial charge >= 0.3 is 0 Å². The fourth-order valence-electron chi connectivity index (χ4n) is 3.66. The number of halogens is 1. The second-order valence-corrected chi connectivity index (χ2v) is 7.16. The number of rotatable bonds is 3. The van der Waals surface area contributed by atoms with Crippen molar-refractivity contribution in [2.24, 2.45) is 0 Å². The van der Waals surface area contributed by atoms with E-state index in [1.54, 1.807) is 6.07 Å². The van der Waals surface area contributed by atoms with Crippen LogP contribution >= 0.6 is 11.6 Å². The van der Waals surface area contributed by atoms with Crippen molar-refractivity contribution >= 4 is 29.0 Å². The molecule has 2 nitrogen and oxygen atoms in total. The molecular weight excluding hydrogens is 356 g/mol. The molecule has 0 fully saturated rings. The highest BCUT2D eigenvalue weighted by Crippen LogP contribution is 2.36. The molecule has 0 amide bonds. The molecule has 3 aromatic rings. The van der Waals surface area contributed by atoms with E-state index in [0.717, 1.165) is 29.0 Å². The Bertz CT molecular complexity index is 1050. The van der Waals surface area contributed by atoms with Gasteiger partial charge in [-0.15, -0.1) is 0 Å². The molecule has 27 heavy (non-hydrogen) atoms. The number of Topliss-reactive ketones (excluding diaryl/α,β-unsaturated/α-hetero) is 1. The van der Waals surface area contributed by atoms with E-state index in [1.165, 1.54) is 22.3 Å². The van der Waals surface area contributed by atoms with Gasteiger partial charge < -0.3 is 5.11 Å². The second kappa shape index (κ2) is 7.51. The Labute approximate surface area is 163 Å². The first-order valence-corrected chi connectivity index (χ1v) is 9.36. The summed E-state index contributed by atoms with van der Waals surface area (Å²) in [6, 6.07) is 21.9. The summed E-state index contributed by atoms with van der Waals surface area (Å²) in [7, 11) is 0. The van der Waals surface area contributed by atoms with E-state index in [1.807, 2.05) is 30.3 Å². The zero-order valence-corrected chi connectivity index (χ0v) is 15.5. The smallest absolute Gasteiger partial charge is 0.188 e. The molecule has 0 heterocycles. The number of aryl methyl sites for hydroxylation is 2. The van der Waals surface area contributed by atoms with E-state index >= 15 is 0 Å². The van der Waals surface area contributed by atoms with Gasteiger partial charge in [0.25, 0.3) is 0 Å². The Morgan fingerprint density at radius 1 is 0.926 bits per heavy atom. The molecule has 0 bridgehead atoms. The van der Waals surface area contributed by atoms with Crippen molar-refractivity contribution in [2.75, 3.05) is 6.61 Å². The van der Waals surface area contributed by atoms with Gasteiger partial charge in [-0.25, -0.2) is 0 Å². The number of hydrogen-bond acceptors (Lipinski definition) is 2. The van der Waals surface area contributed by atoms with E-state index < -0.39 is 6.61 Å². The Hall–Kier alpha value is -2.68. The quantitative estimate of drug-likeness (QED) is 0.639. The third kappa shape index (κ3) is 3.59. The maximum Gasteiger partial charge on any atom is 0.188 e. The number of ketones is 1. The molecule has 1 aliphatic carbocycles. The molecule has 0 saturated heterocycles. The number of carbonyl (C=O) groups is 1. The number of fused-ring (bicyclic) bond motifs is 2. The van der Waals surface area contributed by atoms with Crippen LogP contribution in [0.1, 0.15) is 38.2 Å². The van der Waals surface area contributed by atoms with E-state index in [9.17, 15) is 4.79 Å². The molecular formula is C24H19ClO2. The summed E-state index contributed by atoms with van der Waals surface area (Å²) >= 11 is 6.24. The monoisotopic (exact) mass is 374 g/mol. The van der Waals surface area contributed by atoms with Crippen LogP contribution in [0.3, 0.4) is 0 Å². The summed E-state index contributed by atoms with van der Waals surface area (Å²) in [6.45, 7) is -0.482. The average molecular weight is 375 g/mol. The van der Waals surface area contributed by atoms with Gasteiger partial charge in [0.1, 0.15) is 6.61 Å². The fraction of sp³-hybridized carbons (Fsp3) is 0.125. The first-order chi connectivity index (χ1) is 13.2. The number of aliphatic hydroxyl groups is 1. The maximum absolute atomic E-state index is 11.9. The number of hydrogen-bond donors (Lipinski definition) is 1. The van der Waals surface area contributed by atoms with Crippen LogP contribution in [0.5, 0.6) is 0 Å². The first kappa shape index (κ1) is 17.7. The molecule has 4 rings (SSSR count). The van der Waals surface area contributed by atoms with Crippen molar-refractivity contribution in [1.82, 2.24) is 0 Å². The molecule has 0 aliphatic heterocycles. The molecule has 0 unspecified atom stereocenters. The third-order valence-corrected chi connectivity index (χ3v) is 5.23. The van der Waals surface area contributed by atoms with Crippen LogP contribution in [0.2, 0.25) is 5.02 Å². The lowest BCUT2D eigenvalue weighted by Gasteiger charge is -2.13. The number of carbonyl (C=O) groups excluding carboxylic acids is 1. The normalized spacial score (nSPS) is 14.4. The molecule has 3 aromatic carbocycles. The van der Waals surface area contributed by atoms with Gasteiger partial charge in [0.2, 0.25) is 0 Å². The predicted octanol–water partition coefficient (Wildman–Crippen LogP) is 5.20. The first-order valence-electron chi connectivity index (χ1n) is 8.98. The van der Waals surface area contributed by atoms with Gasteiger partial charge in [0.15, 0.2) is 5.78 Å². The van der Waals surface area contributed by atoms with E-state index in [0.29, 0.717) is 5.56 Å². The molecule has 0 atom stereocenters. The van der Waals surface area contributed by atoms with E-state index in [2.05, 4.69) is 36.4 Å². The van der Waals surface area contributed by atoms with Crippen LogP contribution in [0.25, 0.3) is 11.6 Å². The highest BCUT2D eigenvalue weighted by molar-refractivity contribution is 6.30. The van der Waals surface area contributed by atoms with Gasteiger partial charge in [0, 0.05) is 10.6 Å². The van der Waals surface area contributed by atoms with Crippen LogP contribution in [-0.4, -0.2) is 17.5 Å². The van der Waals surface area contributed by atoms with E-state index in [-0.39, 0.29) is 5.78 Å². The largest absolute Gasteiger partial charge is 0.388 e. The minimum atomic E-state index is -0.482. The summed E-state index contributed by atoms with van der Waals surface area (Å²) in [5.74, 6) is -0.274. The Kier molecular flexibility index (Phi) is 4.93. The number of aliphatic hydroxyl groups excluding tert-OH is 1. The molecule has 3 heteroatoms. The summed E-state index contributed by atoms with van der Waals surface area (Å²) in [5.41, 5.74) is 7.49.